The van der Waals surface area contributed by atoms with Crippen LogP contribution in [-0.4, -0.2) is 26.8 Å². The van der Waals surface area contributed by atoms with Crippen molar-refractivity contribution in [2.45, 2.75) is 44.3 Å². The summed E-state index contributed by atoms with van der Waals surface area (Å²) in [5.41, 5.74) is -0.796. The molecule has 2 heterocycles. The van der Waals surface area contributed by atoms with E-state index in [0.29, 0.717) is 31.0 Å². The summed E-state index contributed by atoms with van der Waals surface area (Å²) < 4.78 is 66.9. The molecule has 0 bridgehead atoms. The molecular weight excluding hydrogens is 443 g/mol. The van der Waals surface area contributed by atoms with E-state index in [9.17, 15) is 26.7 Å². The smallest absolute Gasteiger partial charge is 0.341 e. The molecule has 1 saturated carbocycles. The van der Waals surface area contributed by atoms with Crippen LogP contribution in [0, 0.1) is 0 Å². The fourth-order valence-corrected chi connectivity index (χ4v) is 3.28. The van der Waals surface area contributed by atoms with E-state index < -0.39 is 34.8 Å². The number of aryl methyl sites for hydroxylation is 1. The van der Waals surface area contributed by atoms with Crippen LogP contribution < -0.4 is 5.32 Å². The fraction of sp³-hybridized carbons (Fsp3) is 0.348. The molecule has 1 fully saturated rings. The minimum Gasteiger partial charge on any atom is -0.341 e. The van der Waals surface area contributed by atoms with Gasteiger partial charge in [-0.2, -0.15) is 27.1 Å². The maximum Gasteiger partial charge on any atom is 0.412 e. The van der Waals surface area contributed by atoms with E-state index in [1.54, 1.807) is 12.1 Å². The third-order valence-corrected chi connectivity index (χ3v) is 5.39. The Bertz CT molecular complexity index is 1120. The van der Waals surface area contributed by atoms with Crippen molar-refractivity contribution in [3.05, 3.63) is 77.4 Å². The van der Waals surface area contributed by atoms with Gasteiger partial charge in [0.25, 0.3) is 11.8 Å². The molecule has 0 spiro atoms. The standard InChI is InChI=1S/C23H23F5N4O.H2/c1-5-6-15(11-14(2)23(26,27)28)17-8-7-16(13-29-17)22(9-10-22)30-20(33)18-12-19(21(3,24)25)31-32(18)4;/h5-8,11-13H,1,9-10H2,2-4H3,(H,30,33);1H/b14-11+,15-6+;. The van der Waals surface area contributed by atoms with E-state index in [1.165, 1.54) is 25.4 Å². The summed E-state index contributed by atoms with van der Waals surface area (Å²) in [6.45, 7) is 5.20. The average Bonchev–Trinajstić information content (AvgIpc) is 3.38. The highest BCUT2D eigenvalue weighted by Crippen LogP contribution is 2.45. The number of amides is 1. The van der Waals surface area contributed by atoms with Crippen molar-refractivity contribution in [2.75, 3.05) is 0 Å². The lowest BCUT2D eigenvalue weighted by atomic mass is 10.0. The molecule has 5 nitrogen and oxygen atoms in total. The van der Waals surface area contributed by atoms with Gasteiger partial charge in [-0.05, 0) is 43.5 Å². The van der Waals surface area contributed by atoms with Gasteiger partial charge < -0.3 is 5.32 Å². The fourth-order valence-electron chi connectivity index (χ4n) is 3.28. The Kier molecular flexibility index (Phi) is 6.32. The molecular formula is C23H25F5N4O. The molecule has 1 aliphatic rings. The lowest BCUT2D eigenvalue weighted by molar-refractivity contribution is -0.0912. The number of carbonyl (C=O) groups is 1. The van der Waals surface area contributed by atoms with Crippen LogP contribution in [0.25, 0.3) is 5.57 Å². The van der Waals surface area contributed by atoms with Gasteiger partial charge in [0.15, 0.2) is 0 Å². The summed E-state index contributed by atoms with van der Waals surface area (Å²) in [5.74, 6) is -3.74. The first-order chi connectivity index (χ1) is 15.3. The van der Waals surface area contributed by atoms with Gasteiger partial charge in [0.2, 0.25) is 0 Å². The number of hydrogen-bond donors (Lipinski definition) is 1. The number of aromatic nitrogens is 3. The number of halogens is 5. The van der Waals surface area contributed by atoms with Crippen molar-refractivity contribution in [2.24, 2.45) is 7.05 Å². The van der Waals surface area contributed by atoms with Gasteiger partial charge in [0, 0.05) is 32.7 Å². The van der Waals surface area contributed by atoms with Crippen molar-refractivity contribution in [1.29, 1.82) is 0 Å². The van der Waals surface area contributed by atoms with Gasteiger partial charge in [-0.3, -0.25) is 14.5 Å². The first-order valence-electron chi connectivity index (χ1n) is 10.1. The third kappa shape index (κ3) is 5.37. The van der Waals surface area contributed by atoms with E-state index in [-0.39, 0.29) is 12.7 Å². The predicted molar refractivity (Wildman–Crippen MR) is 115 cm³/mol. The molecule has 0 aliphatic heterocycles. The molecule has 0 saturated heterocycles. The molecule has 0 atom stereocenters. The summed E-state index contributed by atoms with van der Waals surface area (Å²) in [6, 6.07) is 4.30. The molecule has 10 heteroatoms. The van der Waals surface area contributed by atoms with Gasteiger partial charge in [-0.1, -0.05) is 24.8 Å². The highest BCUT2D eigenvalue weighted by molar-refractivity contribution is 5.93. The number of hydrogen-bond acceptors (Lipinski definition) is 3. The van der Waals surface area contributed by atoms with Crippen LogP contribution in [0.15, 0.2) is 54.8 Å². The second-order valence-corrected chi connectivity index (χ2v) is 8.08. The zero-order valence-electron chi connectivity index (χ0n) is 18.3. The van der Waals surface area contributed by atoms with E-state index in [1.807, 2.05) is 0 Å². The Labute approximate surface area is 189 Å². The first-order valence-corrected chi connectivity index (χ1v) is 10.1. The number of allylic oxidation sites excluding steroid dienone is 5. The quantitative estimate of drug-likeness (QED) is 0.421. The van der Waals surface area contributed by atoms with Crippen LogP contribution in [0.3, 0.4) is 0 Å². The molecule has 3 rings (SSSR count). The lowest BCUT2D eigenvalue weighted by Crippen LogP contribution is -2.36. The summed E-state index contributed by atoms with van der Waals surface area (Å²) in [6.07, 6.45) is 2.03. The van der Waals surface area contributed by atoms with Gasteiger partial charge in [0.05, 0.1) is 11.2 Å². The van der Waals surface area contributed by atoms with Gasteiger partial charge in [-0.15, -0.1) is 0 Å². The molecule has 1 aliphatic carbocycles. The Morgan fingerprint density at radius 1 is 1.27 bits per heavy atom. The normalized spacial score (nSPS) is 16.5. The summed E-state index contributed by atoms with van der Waals surface area (Å²) in [5, 5.41) is 6.56. The summed E-state index contributed by atoms with van der Waals surface area (Å²) >= 11 is 0. The largest absolute Gasteiger partial charge is 0.412 e. The second kappa shape index (κ2) is 8.57. The van der Waals surface area contributed by atoms with Crippen LogP contribution in [0.1, 0.15) is 55.6 Å². The Hall–Kier alpha value is -3.30. The molecule has 0 radical (unpaired) electrons. The lowest BCUT2D eigenvalue weighted by Gasteiger charge is -2.18. The molecule has 0 aromatic carbocycles. The topological polar surface area (TPSA) is 59.8 Å². The maximum atomic E-state index is 13.5. The highest BCUT2D eigenvalue weighted by Gasteiger charge is 2.46. The number of alkyl halides is 5. The molecule has 33 heavy (non-hydrogen) atoms. The van der Waals surface area contributed by atoms with Crippen LogP contribution in [0.2, 0.25) is 0 Å². The third-order valence-electron chi connectivity index (χ3n) is 5.39. The van der Waals surface area contributed by atoms with Gasteiger partial charge in [-0.25, -0.2) is 0 Å². The summed E-state index contributed by atoms with van der Waals surface area (Å²) in [4.78, 5) is 17.0. The minimum absolute atomic E-state index is 0. The zero-order chi connectivity index (χ0) is 24.6. The average molecular weight is 468 g/mol. The van der Waals surface area contributed by atoms with Crippen LogP contribution >= 0.6 is 0 Å². The zero-order valence-corrected chi connectivity index (χ0v) is 18.3. The Morgan fingerprint density at radius 3 is 2.39 bits per heavy atom. The monoisotopic (exact) mass is 468 g/mol. The number of carbonyl (C=O) groups excluding carboxylic acids is 1. The molecule has 0 unspecified atom stereocenters. The van der Waals surface area contributed by atoms with Crippen molar-refractivity contribution in [3.8, 4) is 0 Å². The summed E-state index contributed by atoms with van der Waals surface area (Å²) in [7, 11) is 1.41. The van der Waals surface area contributed by atoms with Crippen molar-refractivity contribution in [3.63, 3.8) is 0 Å². The number of rotatable bonds is 7. The Balaban J connectivity index is 0.00000408. The number of nitrogens with one attached hydrogen (secondary N) is 1. The van der Waals surface area contributed by atoms with E-state index >= 15 is 0 Å². The van der Waals surface area contributed by atoms with E-state index in [2.05, 4.69) is 22.0 Å². The van der Waals surface area contributed by atoms with Crippen LogP contribution in [0.5, 0.6) is 0 Å². The molecule has 178 valence electrons. The van der Waals surface area contributed by atoms with Crippen LogP contribution in [-0.2, 0) is 18.5 Å². The van der Waals surface area contributed by atoms with E-state index in [4.69, 9.17) is 0 Å². The highest BCUT2D eigenvalue weighted by atomic mass is 19.4. The Morgan fingerprint density at radius 2 is 1.94 bits per heavy atom. The molecule has 1 N–H and O–H groups in total. The number of nitrogens with zero attached hydrogens (tertiary/aromatic N) is 3. The van der Waals surface area contributed by atoms with Crippen molar-refractivity contribution >= 4 is 11.5 Å². The van der Waals surface area contributed by atoms with Gasteiger partial charge >= 0.3 is 6.18 Å². The van der Waals surface area contributed by atoms with Crippen molar-refractivity contribution < 1.29 is 28.2 Å². The molecule has 1 amide bonds. The van der Waals surface area contributed by atoms with E-state index in [0.717, 1.165) is 23.7 Å². The van der Waals surface area contributed by atoms with Crippen LogP contribution in [0.4, 0.5) is 22.0 Å². The molecule has 2 aromatic heterocycles. The second-order valence-electron chi connectivity index (χ2n) is 8.08. The maximum absolute atomic E-state index is 13.5. The number of pyridine rings is 1. The predicted octanol–water partition coefficient (Wildman–Crippen LogP) is 5.67. The van der Waals surface area contributed by atoms with Gasteiger partial charge in [0.1, 0.15) is 11.4 Å². The SMILES string of the molecule is C=C/C=C(\C=C(/C)C(F)(F)F)c1ccc(C2(NC(=O)c3cc(C(C)(F)F)nn3C)CC2)cn1.[HH]. The van der Waals surface area contributed by atoms with Crippen molar-refractivity contribution in [1.82, 2.24) is 20.1 Å². The first kappa shape index (κ1) is 24.3. The minimum atomic E-state index is -4.46. The molecule has 2 aromatic rings.